The van der Waals surface area contributed by atoms with Gasteiger partial charge in [-0.05, 0) is 48.5 Å². The van der Waals surface area contributed by atoms with Crippen molar-refractivity contribution in [3.8, 4) is 17.0 Å². The van der Waals surface area contributed by atoms with Crippen LogP contribution in [0.4, 0.5) is 5.82 Å². The topological polar surface area (TPSA) is 72.1 Å². The van der Waals surface area contributed by atoms with Gasteiger partial charge < -0.3 is 15.1 Å². The average Bonchev–Trinajstić information content (AvgIpc) is 3.42. The van der Waals surface area contributed by atoms with Gasteiger partial charge >= 0.3 is 0 Å². The molecule has 4 rings (SSSR count). The lowest BCUT2D eigenvalue weighted by Gasteiger charge is -2.05. The van der Waals surface area contributed by atoms with Gasteiger partial charge in [0, 0.05) is 22.8 Å². The van der Waals surface area contributed by atoms with E-state index in [0.29, 0.717) is 23.1 Å². The van der Waals surface area contributed by atoms with Crippen LogP contribution in [0.5, 0.6) is 0 Å². The lowest BCUT2D eigenvalue weighted by atomic mass is 10.2. The molecule has 0 aliphatic carbocycles. The Bertz CT molecular complexity index is 1090. The van der Waals surface area contributed by atoms with Gasteiger partial charge in [0.25, 0.3) is 0 Å². The van der Waals surface area contributed by atoms with Gasteiger partial charge in [-0.25, -0.2) is 4.68 Å². The molecule has 0 spiro atoms. The third kappa shape index (κ3) is 4.86. The number of para-hydroxylation sites is 1. The van der Waals surface area contributed by atoms with Crippen molar-refractivity contribution in [2.75, 3.05) is 11.9 Å². The van der Waals surface area contributed by atoms with Gasteiger partial charge in [0.1, 0.15) is 17.3 Å². The Morgan fingerprint density at radius 2 is 1.79 bits per heavy atom. The molecule has 6 nitrogen and oxygen atoms in total. The highest BCUT2D eigenvalue weighted by molar-refractivity contribution is 6.30. The molecule has 1 amide bonds. The van der Waals surface area contributed by atoms with Crippen LogP contribution in [0.2, 0.25) is 5.02 Å². The Hall–Kier alpha value is -3.51. The van der Waals surface area contributed by atoms with E-state index in [0.717, 1.165) is 17.0 Å². The molecule has 2 heterocycles. The van der Waals surface area contributed by atoms with Gasteiger partial charge in [-0.2, -0.15) is 5.10 Å². The largest absolute Gasteiger partial charge is 0.459 e. The molecule has 0 saturated heterocycles. The molecule has 2 N–H and O–H groups in total. The van der Waals surface area contributed by atoms with Crippen molar-refractivity contribution < 1.29 is 9.21 Å². The van der Waals surface area contributed by atoms with Gasteiger partial charge in [0.05, 0.1) is 18.8 Å². The van der Waals surface area contributed by atoms with Crippen LogP contribution in [0.25, 0.3) is 17.0 Å². The molecule has 0 fully saturated rings. The van der Waals surface area contributed by atoms with Crippen molar-refractivity contribution >= 4 is 23.3 Å². The summed E-state index contributed by atoms with van der Waals surface area (Å²) in [5.41, 5.74) is 1.89. The summed E-state index contributed by atoms with van der Waals surface area (Å²) in [6.45, 7) is 0.434. The zero-order valence-corrected chi connectivity index (χ0v) is 16.3. The van der Waals surface area contributed by atoms with E-state index in [-0.39, 0.29) is 12.5 Å². The summed E-state index contributed by atoms with van der Waals surface area (Å²) in [6, 6.07) is 22.7. The molecular formula is C22H19ClN4O2. The number of carbonyl (C=O) groups is 1. The first kappa shape index (κ1) is 18.8. The number of hydrogen-bond acceptors (Lipinski definition) is 4. The highest BCUT2D eigenvalue weighted by Gasteiger charge is 2.08. The molecule has 0 aliphatic rings. The molecule has 2 aromatic heterocycles. The van der Waals surface area contributed by atoms with Crippen molar-refractivity contribution in [2.24, 2.45) is 0 Å². The number of rotatable bonds is 7. The minimum atomic E-state index is -0.149. The van der Waals surface area contributed by atoms with E-state index >= 15 is 0 Å². The average molecular weight is 407 g/mol. The third-order valence-electron chi connectivity index (χ3n) is 4.29. The number of nitrogens with one attached hydrogen (secondary N) is 2. The van der Waals surface area contributed by atoms with Crippen LogP contribution in [-0.4, -0.2) is 22.2 Å². The zero-order chi connectivity index (χ0) is 20.1. The Balaban J connectivity index is 1.27. The second-order valence-electron chi connectivity index (χ2n) is 6.38. The molecule has 146 valence electrons. The quantitative estimate of drug-likeness (QED) is 0.473. The van der Waals surface area contributed by atoms with Crippen LogP contribution in [0.15, 0.2) is 83.4 Å². The lowest BCUT2D eigenvalue weighted by Crippen LogP contribution is -2.29. The van der Waals surface area contributed by atoms with Gasteiger partial charge in [0.15, 0.2) is 0 Å². The molecule has 2 aromatic carbocycles. The zero-order valence-electron chi connectivity index (χ0n) is 15.5. The predicted octanol–water partition coefficient (Wildman–Crippen LogP) is 4.51. The first-order valence-corrected chi connectivity index (χ1v) is 9.51. The predicted molar refractivity (Wildman–Crippen MR) is 113 cm³/mol. The van der Waals surface area contributed by atoms with E-state index in [1.54, 1.807) is 4.68 Å². The van der Waals surface area contributed by atoms with Crippen LogP contribution in [0.1, 0.15) is 5.76 Å². The van der Waals surface area contributed by atoms with Crippen molar-refractivity contribution in [2.45, 2.75) is 6.54 Å². The number of benzene rings is 2. The monoisotopic (exact) mass is 406 g/mol. The SMILES string of the molecule is O=C(CNc1ccn(-c2ccccc2)n1)NCc1ccc(-c2ccc(Cl)cc2)o1. The first-order chi connectivity index (χ1) is 14.2. The van der Waals surface area contributed by atoms with Crippen molar-refractivity contribution in [3.05, 3.63) is 89.8 Å². The van der Waals surface area contributed by atoms with Crippen molar-refractivity contribution in [1.82, 2.24) is 15.1 Å². The second-order valence-corrected chi connectivity index (χ2v) is 6.82. The fourth-order valence-electron chi connectivity index (χ4n) is 2.80. The minimum absolute atomic E-state index is 0.122. The van der Waals surface area contributed by atoms with Gasteiger partial charge in [-0.15, -0.1) is 0 Å². The van der Waals surface area contributed by atoms with E-state index < -0.39 is 0 Å². The molecule has 4 aromatic rings. The van der Waals surface area contributed by atoms with E-state index in [2.05, 4.69) is 15.7 Å². The summed E-state index contributed by atoms with van der Waals surface area (Å²) < 4.78 is 7.53. The number of halogens is 1. The van der Waals surface area contributed by atoms with Crippen LogP contribution in [-0.2, 0) is 11.3 Å². The smallest absolute Gasteiger partial charge is 0.239 e. The van der Waals surface area contributed by atoms with Crippen LogP contribution in [0, 0.1) is 0 Å². The number of aromatic nitrogens is 2. The summed E-state index contributed by atoms with van der Waals surface area (Å²) >= 11 is 5.91. The fourth-order valence-corrected chi connectivity index (χ4v) is 2.93. The third-order valence-corrected chi connectivity index (χ3v) is 4.54. The Morgan fingerprint density at radius 1 is 1.00 bits per heavy atom. The molecule has 0 atom stereocenters. The number of hydrogen-bond donors (Lipinski definition) is 2. The van der Waals surface area contributed by atoms with E-state index in [4.69, 9.17) is 16.0 Å². The number of carbonyl (C=O) groups excluding carboxylic acids is 1. The maximum Gasteiger partial charge on any atom is 0.239 e. The molecule has 7 heteroatoms. The molecular weight excluding hydrogens is 388 g/mol. The van der Waals surface area contributed by atoms with E-state index in [1.807, 2.05) is 79.0 Å². The number of furan rings is 1. The van der Waals surface area contributed by atoms with Crippen LogP contribution >= 0.6 is 11.6 Å². The van der Waals surface area contributed by atoms with Crippen molar-refractivity contribution in [1.29, 1.82) is 0 Å². The molecule has 0 unspecified atom stereocenters. The standard InChI is InChI=1S/C22H19ClN4O2/c23-17-8-6-16(7-9-17)20-11-10-19(29-20)14-25-22(28)15-24-21-12-13-27(26-21)18-4-2-1-3-5-18/h1-13H,14-15H2,(H,24,26)(H,25,28). The summed E-state index contributed by atoms with van der Waals surface area (Å²) in [7, 11) is 0. The second kappa shape index (κ2) is 8.67. The number of amides is 1. The molecule has 0 bridgehead atoms. The minimum Gasteiger partial charge on any atom is -0.459 e. The maximum atomic E-state index is 12.1. The van der Waals surface area contributed by atoms with Crippen molar-refractivity contribution in [3.63, 3.8) is 0 Å². The van der Waals surface area contributed by atoms with Crippen LogP contribution < -0.4 is 10.6 Å². The first-order valence-electron chi connectivity index (χ1n) is 9.14. The molecule has 29 heavy (non-hydrogen) atoms. The number of anilines is 1. The summed E-state index contributed by atoms with van der Waals surface area (Å²) in [5, 5.41) is 10.9. The molecule has 0 saturated carbocycles. The fraction of sp³-hybridized carbons (Fsp3) is 0.0909. The summed E-state index contributed by atoms with van der Waals surface area (Å²) in [4.78, 5) is 12.1. The van der Waals surface area contributed by atoms with Gasteiger partial charge in [-0.1, -0.05) is 29.8 Å². The summed E-state index contributed by atoms with van der Waals surface area (Å²) in [5.74, 6) is 1.89. The Kier molecular flexibility index (Phi) is 5.63. The highest BCUT2D eigenvalue weighted by Crippen LogP contribution is 2.23. The lowest BCUT2D eigenvalue weighted by molar-refractivity contribution is -0.119. The van der Waals surface area contributed by atoms with Crippen LogP contribution in [0.3, 0.4) is 0 Å². The van der Waals surface area contributed by atoms with E-state index in [9.17, 15) is 4.79 Å². The maximum absolute atomic E-state index is 12.1. The summed E-state index contributed by atoms with van der Waals surface area (Å²) in [6.07, 6.45) is 1.84. The van der Waals surface area contributed by atoms with Gasteiger partial charge in [0.2, 0.25) is 5.91 Å². The highest BCUT2D eigenvalue weighted by atomic mass is 35.5. The Labute approximate surface area is 173 Å². The van der Waals surface area contributed by atoms with Gasteiger partial charge in [-0.3, -0.25) is 4.79 Å². The normalized spacial score (nSPS) is 10.7. The van der Waals surface area contributed by atoms with E-state index in [1.165, 1.54) is 0 Å². The number of nitrogens with zero attached hydrogens (tertiary/aromatic N) is 2. The Morgan fingerprint density at radius 3 is 2.59 bits per heavy atom. The molecule has 0 aliphatic heterocycles. The molecule has 0 radical (unpaired) electrons.